The highest BCUT2D eigenvalue weighted by atomic mass is 35.5. The molecule has 1 heterocycles. The minimum Gasteiger partial charge on any atom is -0.444 e. The summed E-state index contributed by atoms with van der Waals surface area (Å²) in [5.74, 6) is 0. The summed E-state index contributed by atoms with van der Waals surface area (Å²) in [6, 6.07) is 2.90. The molecule has 1 atom stereocenters. The van der Waals surface area contributed by atoms with Crippen LogP contribution < -0.4 is 11.1 Å². The van der Waals surface area contributed by atoms with Gasteiger partial charge in [-0.1, -0.05) is 11.6 Å². The smallest absolute Gasteiger partial charge is 0.408 e. The van der Waals surface area contributed by atoms with Gasteiger partial charge in [-0.25, -0.2) is 4.79 Å². The van der Waals surface area contributed by atoms with E-state index in [0.29, 0.717) is 10.7 Å². The Morgan fingerprint density at radius 3 is 2.78 bits per heavy atom. The van der Waals surface area contributed by atoms with E-state index in [1.54, 1.807) is 39.1 Å². The first-order valence-corrected chi connectivity index (χ1v) is 6.00. The molecule has 0 aliphatic rings. The fraction of sp³-hybridized carbons (Fsp3) is 0.500. The number of nitrogens with two attached hydrogens (primary N) is 1. The molecule has 100 valence electrons. The van der Waals surface area contributed by atoms with Crippen LogP contribution >= 0.6 is 11.6 Å². The van der Waals surface area contributed by atoms with Crippen LogP contribution in [0.3, 0.4) is 0 Å². The number of aromatic nitrogens is 1. The van der Waals surface area contributed by atoms with Crippen LogP contribution in [0.15, 0.2) is 18.3 Å². The quantitative estimate of drug-likeness (QED) is 0.884. The van der Waals surface area contributed by atoms with Gasteiger partial charge in [0, 0.05) is 17.8 Å². The Hall–Kier alpha value is -1.33. The molecule has 1 rings (SSSR count). The minimum atomic E-state index is -0.551. The molecule has 6 heteroatoms. The van der Waals surface area contributed by atoms with Crippen molar-refractivity contribution in [2.75, 3.05) is 6.54 Å². The first kappa shape index (κ1) is 14.7. The summed E-state index contributed by atoms with van der Waals surface area (Å²) in [5, 5.41) is 3.21. The number of ether oxygens (including phenoxy) is 1. The molecular weight excluding hydrogens is 254 g/mol. The van der Waals surface area contributed by atoms with Crippen LogP contribution in [0.2, 0.25) is 5.02 Å². The maximum atomic E-state index is 11.6. The van der Waals surface area contributed by atoms with E-state index in [-0.39, 0.29) is 6.54 Å². The van der Waals surface area contributed by atoms with Crippen molar-refractivity contribution in [1.82, 2.24) is 10.3 Å². The Balaban J connectivity index is 2.71. The van der Waals surface area contributed by atoms with E-state index < -0.39 is 17.7 Å². The number of carbonyl (C=O) groups is 1. The second-order valence-electron chi connectivity index (χ2n) is 4.83. The van der Waals surface area contributed by atoms with Gasteiger partial charge in [-0.2, -0.15) is 0 Å². The third-order valence-corrected chi connectivity index (χ3v) is 2.26. The molecule has 1 amide bonds. The van der Waals surface area contributed by atoms with Crippen molar-refractivity contribution in [2.24, 2.45) is 5.73 Å². The Kier molecular flexibility index (Phi) is 4.93. The molecule has 0 saturated heterocycles. The van der Waals surface area contributed by atoms with Crippen molar-refractivity contribution < 1.29 is 9.53 Å². The standard InChI is InChI=1S/C12H18ClN3O2/c1-12(2,3)18-11(17)16-10(7-14)9-6-8(13)4-5-15-9/h4-6,10H,7,14H2,1-3H3,(H,16,17). The number of hydrogen-bond acceptors (Lipinski definition) is 4. The molecular formula is C12H18ClN3O2. The minimum absolute atomic E-state index is 0.215. The fourth-order valence-electron chi connectivity index (χ4n) is 1.32. The summed E-state index contributed by atoms with van der Waals surface area (Å²) in [4.78, 5) is 15.8. The highest BCUT2D eigenvalue weighted by Crippen LogP contribution is 2.15. The Morgan fingerprint density at radius 2 is 2.28 bits per heavy atom. The average molecular weight is 272 g/mol. The van der Waals surface area contributed by atoms with Crippen LogP contribution in [0.4, 0.5) is 4.79 Å². The molecule has 5 nitrogen and oxygen atoms in total. The van der Waals surface area contributed by atoms with E-state index in [9.17, 15) is 4.79 Å². The van der Waals surface area contributed by atoms with Gasteiger partial charge in [0.05, 0.1) is 11.7 Å². The number of hydrogen-bond donors (Lipinski definition) is 2. The van der Waals surface area contributed by atoms with E-state index >= 15 is 0 Å². The van der Waals surface area contributed by atoms with Crippen LogP contribution in [0, 0.1) is 0 Å². The van der Waals surface area contributed by atoms with Crippen LogP contribution in [-0.4, -0.2) is 23.2 Å². The van der Waals surface area contributed by atoms with Gasteiger partial charge in [-0.05, 0) is 32.9 Å². The highest BCUT2D eigenvalue weighted by molar-refractivity contribution is 6.30. The number of halogens is 1. The van der Waals surface area contributed by atoms with Crippen molar-refractivity contribution >= 4 is 17.7 Å². The number of amides is 1. The molecule has 0 saturated carbocycles. The van der Waals surface area contributed by atoms with E-state index in [4.69, 9.17) is 22.1 Å². The van der Waals surface area contributed by atoms with E-state index in [1.807, 2.05) is 0 Å². The molecule has 3 N–H and O–H groups in total. The number of alkyl carbamates (subject to hydrolysis) is 1. The van der Waals surface area contributed by atoms with E-state index in [2.05, 4.69) is 10.3 Å². The monoisotopic (exact) mass is 271 g/mol. The largest absolute Gasteiger partial charge is 0.444 e. The second-order valence-corrected chi connectivity index (χ2v) is 5.27. The molecule has 0 spiro atoms. The number of pyridine rings is 1. The zero-order chi connectivity index (χ0) is 13.8. The summed E-state index contributed by atoms with van der Waals surface area (Å²) in [6.07, 6.45) is 1.04. The van der Waals surface area contributed by atoms with Crippen molar-refractivity contribution in [3.63, 3.8) is 0 Å². The molecule has 18 heavy (non-hydrogen) atoms. The lowest BCUT2D eigenvalue weighted by Gasteiger charge is -2.22. The molecule has 0 radical (unpaired) electrons. The number of rotatable bonds is 3. The van der Waals surface area contributed by atoms with Crippen LogP contribution in [-0.2, 0) is 4.74 Å². The maximum Gasteiger partial charge on any atom is 0.408 e. The van der Waals surface area contributed by atoms with Crippen molar-refractivity contribution in [2.45, 2.75) is 32.4 Å². The zero-order valence-corrected chi connectivity index (χ0v) is 11.5. The van der Waals surface area contributed by atoms with Gasteiger partial charge in [0.25, 0.3) is 0 Å². The molecule has 0 aliphatic carbocycles. The van der Waals surface area contributed by atoms with Crippen molar-refractivity contribution in [3.8, 4) is 0 Å². The summed E-state index contributed by atoms with van der Waals surface area (Å²) in [7, 11) is 0. The first-order chi connectivity index (χ1) is 8.31. The van der Waals surface area contributed by atoms with Crippen LogP contribution in [0.1, 0.15) is 32.5 Å². The Labute approximate surface area is 112 Å². The van der Waals surface area contributed by atoms with Crippen molar-refractivity contribution in [1.29, 1.82) is 0 Å². The van der Waals surface area contributed by atoms with E-state index in [0.717, 1.165) is 0 Å². The fourth-order valence-corrected chi connectivity index (χ4v) is 1.48. The van der Waals surface area contributed by atoms with E-state index in [1.165, 1.54) is 0 Å². The lowest BCUT2D eigenvalue weighted by Crippen LogP contribution is -2.38. The summed E-state index contributed by atoms with van der Waals surface area (Å²) in [6.45, 7) is 5.59. The third-order valence-electron chi connectivity index (χ3n) is 2.03. The summed E-state index contributed by atoms with van der Waals surface area (Å²) < 4.78 is 5.16. The maximum absolute atomic E-state index is 11.6. The van der Waals surface area contributed by atoms with Gasteiger partial charge in [-0.15, -0.1) is 0 Å². The second kappa shape index (κ2) is 6.02. The first-order valence-electron chi connectivity index (χ1n) is 5.63. The Morgan fingerprint density at radius 1 is 1.61 bits per heavy atom. The highest BCUT2D eigenvalue weighted by Gasteiger charge is 2.20. The van der Waals surface area contributed by atoms with Gasteiger partial charge < -0.3 is 15.8 Å². The van der Waals surface area contributed by atoms with Gasteiger partial charge in [0.15, 0.2) is 0 Å². The molecule has 1 unspecified atom stereocenters. The molecule has 0 aliphatic heterocycles. The van der Waals surface area contributed by atoms with Gasteiger partial charge >= 0.3 is 6.09 Å². The molecule has 1 aromatic heterocycles. The normalized spacial score (nSPS) is 12.9. The summed E-state index contributed by atoms with van der Waals surface area (Å²) >= 11 is 5.86. The molecule has 0 bridgehead atoms. The Bertz CT molecular complexity index is 418. The molecule has 0 fully saturated rings. The number of nitrogens with zero attached hydrogens (tertiary/aromatic N) is 1. The van der Waals surface area contributed by atoms with Gasteiger partial charge in [0.2, 0.25) is 0 Å². The molecule has 1 aromatic rings. The van der Waals surface area contributed by atoms with Crippen molar-refractivity contribution in [3.05, 3.63) is 29.0 Å². The SMILES string of the molecule is CC(C)(C)OC(=O)NC(CN)c1cc(Cl)ccn1. The topological polar surface area (TPSA) is 77.2 Å². The van der Waals surface area contributed by atoms with Crippen LogP contribution in [0.5, 0.6) is 0 Å². The third kappa shape index (κ3) is 4.89. The number of carbonyl (C=O) groups excluding carboxylic acids is 1. The average Bonchev–Trinajstić information content (AvgIpc) is 2.23. The van der Waals surface area contributed by atoms with Gasteiger partial charge in [-0.3, -0.25) is 4.98 Å². The van der Waals surface area contributed by atoms with Crippen LogP contribution in [0.25, 0.3) is 0 Å². The number of nitrogens with one attached hydrogen (secondary N) is 1. The predicted octanol–water partition coefficient (Wildman–Crippen LogP) is 2.26. The van der Waals surface area contributed by atoms with Gasteiger partial charge in [0.1, 0.15) is 5.60 Å². The lowest BCUT2D eigenvalue weighted by atomic mass is 10.2. The predicted molar refractivity (Wildman–Crippen MR) is 70.4 cm³/mol. The molecule has 0 aromatic carbocycles. The zero-order valence-electron chi connectivity index (χ0n) is 10.7. The summed E-state index contributed by atoms with van der Waals surface area (Å²) in [5.41, 5.74) is 5.67. The lowest BCUT2D eigenvalue weighted by molar-refractivity contribution is 0.0504.